The largest absolute Gasteiger partial charge is 0.491 e. The zero-order valence-electron chi connectivity index (χ0n) is 13.4. The lowest BCUT2D eigenvalue weighted by molar-refractivity contribution is 0.105. The van der Waals surface area contributed by atoms with Crippen LogP contribution in [0.3, 0.4) is 0 Å². The van der Waals surface area contributed by atoms with Gasteiger partial charge in [0.2, 0.25) is 0 Å². The number of hydrogen-bond donors (Lipinski definition) is 2. The van der Waals surface area contributed by atoms with Crippen LogP contribution in [0.4, 0.5) is 0 Å². The van der Waals surface area contributed by atoms with Gasteiger partial charge in [-0.3, -0.25) is 0 Å². The highest BCUT2D eigenvalue weighted by Crippen LogP contribution is 2.42. The van der Waals surface area contributed by atoms with Gasteiger partial charge in [-0.1, -0.05) is 37.1 Å². The van der Waals surface area contributed by atoms with Crippen LogP contribution in [0.5, 0.6) is 5.75 Å². The molecule has 2 aromatic rings. The van der Waals surface area contributed by atoms with E-state index in [9.17, 15) is 5.11 Å². The Morgan fingerprint density at radius 2 is 1.91 bits per heavy atom. The van der Waals surface area contributed by atoms with Crippen LogP contribution in [0, 0.1) is 0 Å². The van der Waals surface area contributed by atoms with E-state index in [2.05, 4.69) is 22.8 Å². The van der Waals surface area contributed by atoms with E-state index in [-0.39, 0.29) is 5.41 Å². The Balaban J connectivity index is 1.44. The zero-order valence-corrected chi connectivity index (χ0v) is 14.2. The average molecular weight is 331 g/mol. The molecule has 0 radical (unpaired) electrons. The molecule has 0 aliphatic heterocycles. The number of rotatable bonds is 8. The van der Waals surface area contributed by atoms with Crippen LogP contribution in [-0.2, 0) is 5.41 Å². The van der Waals surface area contributed by atoms with Gasteiger partial charge in [0.25, 0.3) is 0 Å². The quantitative estimate of drug-likeness (QED) is 0.777. The number of thiophene rings is 1. The highest BCUT2D eigenvalue weighted by Gasteiger charge is 2.36. The van der Waals surface area contributed by atoms with Crippen LogP contribution < -0.4 is 10.1 Å². The summed E-state index contributed by atoms with van der Waals surface area (Å²) in [5, 5.41) is 15.7. The van der Waals surface area contributed by atoms with Gasteiger partial charge in [-0.25, -0.2) is 0 Å². The van der Waals surface area contributed by atoms with Crippen molar-refractivity contribution < 1.29 is 9.84 Å². The molecule has 0 amide bonds. The van der Waals surface area contributed by atoms with Crippen molar-refractivity contribution in [3.05, 3.63) is 52.7 Å². The Kier molecular flexibility index (Phi) is 5.70. The maximum absolute atomic E-state index is 10.1. The Bertz CT molecular complexity index is 564. The molecule has 1 unspecified atom stereocenters. The highest BCUT2D eigenvalue weighted by molar-refractivity contribution is 7.10. The second-order valence-electron chi connectivity index (χ2n) is 6.37. The molecule has 2 N–H and O–H groups in total. The van der Waals surface area contributed by atoms with Crippen LogP contribution in [0.15, 0.2) is 47.8 Å². The van der Waals surface area contributed by atoms with Crippen molar-refractivity contribution in [2.75, 3.05) is 19.7 Å². The molecule has 124 valence electrons. The van der Waals surface area contributed by atoms with Crippen LogP contribution in [0.25, 0.3) is 0 Å². The number of para-hydroxylation sites is 1. The first-order valence-corrected chi connectivity index (χ1v) is 9.27. The molecule has 0 saturated heterocycles. The van der Waals surface area contributed by atoms with Crippen molar-refractivity contribution in [2.24, 2.45) is 0 Å². The van der Waals surface area contributed by atoms with E-state index in [0.717, 1.165) is 12.3 Å². The lowest BCUT2D eigenvalue weighted by atomic mass is 9.84. The fourth-order valence-electron chi connectivity index (χ4n) is 3.39. The summed E-state index contributed by atoms with van der Waals surface area (Å²) in [5.41, 5.74) is 0.272. The van der Waals surface area contributed by atoms with Crippen LogP contribution in [-0.4, -0.2) is 30.9 Å². The summed E-state index contributed by atoms with van der Waals surface area (Å²) in [4.78, 5) is 1.48. The predicted octanol–water partition coefficient (Wildman–Crippen LogP) is 3.59. The Labute approximate surface area is 142 Å². The average Bonchev–Trinajstić information content (AvgIpc) is 3.26. The number of aliphatic hydroxyl groups excluding tert-OH is 1. The summed E-state index contributed by atoms with van der Waals surface area (Å²) in [5.74, 6) is 0.803. The fraction of sp³-hybridized carbons (Fsp3) is 0.474. The third-order valence-electron chi connectivity index (χ3n) is 4.63. The van der Waals surface area contributed by atoms with E-state index in [4.69, 9.17) is 4.74 Å². The highest BCUT2D eigenvalue weighted by atomic mass is 32.1. The first-order chi connectivity index (χ1) is 11.3. The minimum Gasteiger partial charge on any atom is -0.491 e. The summed E-state index contributed by atoms with van der Waals surface area (Å²) in [7, 11) is 0. The van der Waals surface area contributed by atoms with Gasteiger partial charge in [-0.2, -0.15) is 0 Å². The Morgan fingerprint density at radius 1 is 1.13 bits per heavy atom. The molecule has 3 rings (SSSR count). The smallest absolute Gasteiger partial charge is 0.119 e. The monoisotopic (exact) mass is 331 g/mol. The fourth-order valence-corrected chi connectivity index (χ4v) is 4.38. The molecule has 1 aromatic carbocycles. The number of aliphatic hydroxyl groups is 1. The van der Waals surface area contributed by atoms with Gasteiger partial charge in [-0.15, -0.1) is 11.3 Å². The molecule has 23 heavy (non-hydrogen) atoms. The predicted molar refractivity (Wildman–Crippen MR) is 95.3 cm³/mol. The SMILES string of the molecule is OC(CNCC1(c2cccs2)CCCC1)COc1ccccc1. The first-order valence-electron chi connectivity index (χ1n) is 8.39. The lowest BCUT2D eigenvalue weighted by Gasteiger charge is -2.29. The van der Waals surface area contributed by atoms with Gasteiger partial charge in [-0.05, 0) is 36.4 Å². The molecule has 1 aromatic heterocycles. The maximum atomic E-state index is 10.1. The van der Waals surface area contributed by atoms with Crippen LogP contribution >= 0.6 is 11.3 Å². The number of hydrogen-bond acceptors (Lipinski definition) is 4. The third-order valence-corrected chi connectivity index (χ3v) is 5.75. The van der Waals surface area contributed by atoms with E-state index in [0.29, 0.717) is 13.2 Å². The standard InChI is InChI=1S/C19H25NO2S/c21-16(14-22-17-7-2-1-3-8-17)13-20-15-19(10-4-5-11-19)18-9-6-12-23-18/h1-3,6-9,12,16,20-21H,4-5,10-11,13-15H2. The van der Waals surface area contributed by atoms with E-state index in [1.807, 2.05) is 41.7 Å². The summed E-state index contributed by atoms with van der Waals surface area (Å²) in [6.45, 7) is 1.83. The molecule has 0 spiro atoms. The molecule has 1 aliphatic rings. The second kappa shape index (κ2) is 7.95. The van der Waals surface area contributed by atoms with Crippen molar-refractivity contribution in [3.63, 3.8) is 0 Å². The topological polar surface area (TPSA) is 41.5 Å². The van der Waals surface area contributed by atoms with Gasteiger partial charge < -0.3 is 15.2 Å². The van der Waals surface area contributed by atoms with Crippen molar-refractivity contribution in [1.82, 2.24) is 5.32 Å². The van der Waals surface area contributed by atoms with Gasteiger partial charge in [0, 0.05) is 23.4 Å². The summed E-state index contributed by atoms with van der Waals surface area (Å²) in [6.07, 6.45) is 4.62. The van der Waals surface area contributed by atoms with Gasteiger partial charge >= 0.3 is 0 Å². The van der Waals surface area contributed by atoms with Crippen molar-refractivity contribution in [2.45, 2.75) is 37.2 Å². The Morgan fingerprint density at radius 3 is 2.61 bits per heavy atom. The Hall–Kier alpha value is -1.36. The minimum absolute atomic E-state index is 0.272. The van der Waals surface area contributed by atoms with Crippen LogP contribution in [0.2, 0.25) is 0 Å². The van der Waals surface area contributed by atoms with Crippen molar-refractivity contribution in [1.29, 1.82) is 0 Å². The lowest BCUT2D eigenvalue weighted by Crippen LogP contribution is -2.40. The molecule has 0 bridgehead atoms. The molecule has 3 nitrogen and oxygen atoms in total. The van der Waals surface area contributed by atoms with Crippen LogP contribution in [0.1, 0.15) is 30.6 Å². The van der Waals surface area contributed by atoms with E-state index >= 15 is 0 Å². The molecule has 1 saturated carbocycles. The number of nitrogens with one attached hydrogen (secondary N) is 1. The van der Waals surface area contributed by atoms with Gasteiger partial charge in [0.1, 0.15) is 18.5 Å². The maximum Gasteiger partial charge on any atom is 0.119 e. The molecular formula is C19H25NO2S. The minimum atomic E-state index is -0.489. The molecule has 4 heteroatoms. The summed E-state index contributed by atoms with van der Waals surface area (Å²) >= 11 is 1.86. The number of benzene rings is 1. The summed E-state index contributed by atoms with van der Waals surface area (Å²) < 4.78 is 5.60. The summed E-state index contributed by atoms with van der Waals surface area (Å²) in [6, 6.07) is 14.0. The van der Waals surface area contributed by atoms with Gasteiger partial charge in [0.15, 0.2) is 0 Å². The molecule has 1 fully saturated rings. The molecule has 1 atom stereocenters. The van der Waals surface area contributed by atoms with Gasteiger partial charge in [0.05, 0.1) is 0 Å². The first kappa shape index (κ1) is 16.5. The molecule has 1 aliphatic carbocycles. The molecule has 1 heterocycles. The number of ether oxygens (including phenoxy) is 1. The zero-order chi connectivity index (χ0) is 16.0. The van der Waals surface area contributed by atoms with Crippen molar-refractivity contribution in [3.8, 4) is 5.75 Å². The van der Waals surface area contributed by atoms with E-state index < -0.39 is 6.10 Å². The normalized spacial score (nSPS) is 18.0. The van der Waals surface area contributed by atoms with E-state index in [1.54, 1.807) is 0 Å². The van der Waals surface area contributed by atoms with E-state index in [1.165, 1.54) is 30.6 Å². The third kappa shape index (κ3) is 4.34. The van der Waals surface area contributed by atoms with Crippen molar-refractivity contribution >= 4 is 11.3 Å². The second-order valence-corrected chi connectivity index (χ2v) is 7.32. The molecular weight excluding hydrogens is 306 g/mol.